The molecule has 3 rings (SSSR count). The maximum atomic E-state index is 5.86. The van der Waals surface area contributed by atoms with Gasteiger partial charge in [0, 0.05) is 10.0 Å². The Morgan fingerprint density at radius 2 is 1.42 bits per heavy atom. The standard InChI is InChI=1S/C16H12Cl2O/c17-13-6-1-11(2-7-13)3-10-15-16(19-15)12-4-8-14(18)9-5-12/h1-10,15-16H/b10-3+/t15-,16-/m0/s1. The SMILES string of the molecule is Clc1ccc(/C=C/[C@@H]2O[C@H]2c2ccc(Cl)cc2)cc1. The molecule has 19 heavy (non-hydrogen) atoms. The Balaban J connectivity index is 1.64. The second kappa shape index (κ2) is 5.38. The van der Waals surface area contributed by atoms with E-state index >= 15 is 0 Å². The molecule has 1 heterocycles. The van der Waals surface area contributed by atoms with Crippen molar-refractivity contribution in [2.45, 2.75) is 12.2 Å². The number of epoxide rings is 1. The molecule has 0 spiro atoms. The van der Waals surface area contributed by atoms with Crippen LogP contribution in [0.4, 0.5) is 0 Å². The molecule has 0 aliphatic carbocycles. The van der Waals surface area contributed by atoms with Crippen LogP contribution in [0.15, 0.2) is 54.6 Å². The molecule has 1 nitrogen and oxygen atoms in total. The Hall–Kier alpha value is -1.28. The van der Waals surface area contributed by atoms with Crippen molar-refractivity contribution in [2.24, 2.45) is 0 Å². The predicted molar refractivity (Wildman–Crippen MR) is 79.6 cm³/mol. The zero-order valence-corrected chi connectivity index (χ0v) is 11.6. The molecule has 0 unspecified atom stereocenters. The van der Waals surface area contributed by atoms with Crippen LogP contribution in [0.1, 0.15) is 17.2 Å². The van der Waals surface area contributed by atoms with Gasteiger partial charge >= 0.3 is 0 Å². The zero-order valence-electron chi connectivity index (χ0n) is 10.1. The Morgan fingerprint density at radius 3 is 2.05 bits per heavy atom. The fraction of sp³-hybridized carbons (Fsp3) is 0.125. The van der Waals surface area contributed by atoms with Gasteiger partial charge in [0.1, 0.15) is 12.2 Å². The Morgan fingerprint density at radius 1 is 0.842 bits per heavy atom. The van der Waals surface area contributed by atoms with Gasteiger partial charge in [0.05, 0.1) is 0 Å². The van der Waals surface area contributed by atoms with Gasteiger partial charge in [0.25, 0.3) is 0 Å². The number of rotatable bonds is 3. The smallest absolute Gasteiger partial charge is 0.113 e. The molecule has 3 heteroatoms. The highest BCUT2D eigenvalue weighted by atomic mass is 35.5. The van der Waals surface area contributed by atoms with E-state index in [0.717, 1.165) is 21.2 Å². The van der Waals surface area contributed by atoms with E-state index in [0.29, 0.717) is 0 Å². The molecule has 0 bridgehead atoms. The van der Waals surface area contributed by atoms with Gasteiger partial charge in [-0.1, -0.05) is 59.6 Å². The summed E-state index contributed by atoms with van der Waals surface area (Å²) in [5.41, 5.74) is 2.28. The van der Waals surface area contributed by atoms with E-state index < -0.39 is 0 Å². The lowest BCUT2D eigenvalue weighted by Crippen LogP contribution is -1.84. The topological polar surface area (TPSA) is 12.5 Å². The van der Waals surface area contributed by atoms with E-state index in [1.54, 1.807) is 0 Å². The fourth-order valence-electron chi connectivity index (χ4n) is 1.97. The maximum Gasteiger partial charge on any atom is 0.113 e. The summed E-state index contributed by atoms with van der Waals surface area (Å²) in [5, 5.41) is 1.50. The Labute approximate surface area is 122 Å². The number of hydrogen-bond donors (Lipinski definition) is 0. The minimum atomic E-state index is 0.150. The molecular formula is C16H12Cl2O. The highest BCUT2D eigenvalue weighted by Crippen LogP contribution is 2.40. The van der Waals surface area contributed by atoms with Gasteiger partial charge < -0.3 is 4.74 Å². The van der Waals surface area contributed by atoms with Crippen LogP contribution in [0.3, 0.4) is 0 Å². The molecular weight excluding hydrogens is 279 g/mol. The highest BCUT2D eigenvalue weighted by molar-refractivity contribution is 6.30. The first-order chi connectivity index (χ1) is 9.22. The average Bonchev–Trinajstić information content (AvgIpc) is 3.19. The summed E-state index contributed by atoms with van der Waals surface area (Å²) in [4.78, 5) is 0. The first-order valence-electron chi connectivity index (χ1n) is 6.07. The van der Waals surface area contributed by atoms with Gasteiger partial charge in [-0.2, -0.15) is 0 Å². The van der Waals surface area contributed by atoms with Crippen molar-refractivity contribution in [3.8, 4) is 0 Å². The minimum Gasteiger partial charge on any atom is -0.360 e. The molecule has 2 atom stereocenters. The normalized spacial score (nSPS) is 21.8. The lowest BCUT2D eigenvalue weighted by atomic mass is 10.1. The van der Waals surface area contributed by atoms with Crippen LogP contribution in [0.5, 0.6) is 0 Å². The fourth-order valence-corrected chi connectivity index (χ4v) is 2.22. The molecule has 0 radical (unpaired) electrons. The summed E-state index contributed by atoms with van der Waals surface area (Å²) < 4.78 is 5.63. The molecule has 96 valence electrons. The summed E-state index contributed by atoms with van der Waals surface area (Å²) in [7, 11) is 0. The van der Waals surface area contributed by atoms with E-state index in [1.165, 1.54) is 0 Å². The van der Waals surface area contributed by atoms with E-state index in [-0.39, 0.29) is 12.2 Å². The van der Waals surface area contributed by atoms with Crippen LogP contribution in [0.25, 0.3) is 6.08 Å². The number of halogens is 2. The second-order valence-corrected chi connectivity index (χ2v) is 5.36. The molecule has 0 aromatic heterocycles. The third-order valence-electron chi connectivity index (χ3n) is 3.07. The monoisotopic (exact) mass is 290 g/mol. The summed E-state index contributed by atoms with van der Waals surface area (Å²) in [6.07, 6.45) is 4.43. The van der Waals surface area contributed by atoms with Crippen LogP contribution >= 0.6 is 23.2 Å². The lowest BCUT2D eigenvalue weighted by Gasteiger charge is -1.95. The zero-order chi connectivity index (χ0) is 13.2. The average molecular weight is 291 g/mol. The van der Waals surface area contributed by atoms with Crippen LogP contribution in [0, 0.1) is 0 Å². The predicted octanol–water partition coefficient (Wildman–Crippen LogP) is 5.15. The van der Waals surface area contributed by atoms with Gasteiger partial charge in [-0.3, -0.25) is 0 Å². The minimum absolute atomic E-state index is 0.150. The highest BCUT2D eigenvalue weighted by Gasteiger charge is 2.37. The van der Waals surface area contributed by atoms with Gasteiger partial charge in [-0.05, 0) is 35.4 Å². The quantitative estimate of drug-likeness (QED) is 0.713. The summed E-state index contributed by atoms with van der Waals surface area (Å²) in [5.74, 6) is 0. The molecule has 0 saturated carbocycles. The molecule has 0 N–H and O–H groups in total. The van der Waals surface area contributed by atoms with Crippen molar-refractivity contribution in [3.63, 3.8) is 0 Å². The number of benzene rings is 2. The van der Waals surface area contributed by atoms with Crippen molar-refractivity contribution < 1.29 is 4.74 Å². The number of hydrogen-bond acceptors (Lipinski definition) is 1. The van der Waals surface area contributed by atoms with E-state index in [9.17, 15) is 0 Å². The Kier molecular flexibility index (Phi) is 3.61. The van der Waals surface area contributed by atoms with Crippen molar-refractivity contribution in [3.05, 3.63) is 75.8 Å². The summed E-state index contributed by atoms with van der Waals surface area (Å²) in [6.45, 7) is 0. The lowest BCUT2D eigenvalue weighted by molar-refractivity contribution is 0.394. The van der Waals surface area contributed by atoms with Crippen molar-refractivity contribution >= 4 is 29.3 Å². The first-order valence-corrected chi connectivity index (χ1v) is 6.83. The van der Waals surface area contributed by atoms with Gasteiger partial charge in [-0.15, -0.1) is 0 Å². The van der Waals surface area contributed by atoms with Gasteiger partial charge in [0.15, 0.2) is 0 Å². The number of ether oxygens (including phenoxy) is 1. The van der Waals surface area contributed by atoms with Crippen LogP contribution in [0.2, 0.25) is 10.0 Å². The van der Waals surface area contributed by atoms with Gasteiger partial charge in [0.2, 0.25) is 0 Å². The van der Waals surface area contributed by atoms with Crippen LogP contribution in [-0.4, -0.2) is 6.10 Å². The van der Waals surface area contributed by atoms with Crippen molar-refractivity contribution in [2.75, 3.05) is 0 Å². The van der Waals surface area contributed by atoms with E-state index in [4.69, 9.17) is 27.9 Å². The van der Waals surface area contributed by atoms with Crippen molar-refractivity contribution in [1.29, 1.82) is 0 Å². The molecule has 1 aliphatic rings. The molecule has 2 aromatic carbocycles. The summed E-state index contributed by atoms with van der Waals surface area (Å²) in [6, 6.07) is 15.5. The van der Waals surface area contributed by atoms with E-state index in [2.05, 4.69) is 12.2 Å². The molecule has 2 aromatic rings. The largest absolute Gasteiger partial charge is 0.360 e. The van der Waals surface area contributed by atoms with Crippen molar-refractivity contribution in [1.82, 2.24) is 0 Å². The van der Waals surface area contributed by atoms with E-state index in [1.807, 2.05) is 48.5 Å². The first kappa shape index (κ1) is 12.7. The van der Waals surface area contributed by atoms with Gasteiger partial charge in [-0.25, -0.2) is 0 Å². The molecule has 1 aliphatic heterocycles. The maximum absolute atomic E-state index is 5.86. The summed E-state index contributed by atoms with van der Waals surface area (Å²) >= 11 is 11.7. The third kappa shape index (κ3) is 3.19. The second-order valence-electron chi connectivity index (χ2n) is 4.48. The third-order valence-corrected chi connectivity index (χ3v) is 3.58. The molecule has 1 saturated heterocycles. The van der Waals surface area contributed by atoms with Crippen LogP contribution < -0.4 is 0 Å². The molecule has 1 fully saturated rings. The Bertz CT molecular complexity index is 587. The van der Waals surface area contributed by atoms with Crippen LogP contribution in [-0.2, 0) is 4.74 Å². The molecule has 0 amide bonds.